The predicted molar refractivity (Wildman–Crippen MR) is 51.9 cm³/mol. The molecule has 0 saturated heterocycles. The molecule has 3 N–H and O–H groups in total. The molecule has 88 valence electrons. The number of rotatable bonds is 4. The molecule has 1 aromatic heterocycles. The molecule has 1 fully saturated rings. The fourth-order valence-corrected chi connectivity index (χ4v) is 1.38. The van der Waals surface area contributed by atoms with Gasteiger partial charge in [0.05, 0.1) is 6.42 Å². The molecule has 1 aromatic rings. The molecule has 16 heavy (non-hydrogen) atoms. The Bertz CT molecular complexity index is 381. The van der Waals surface area contributed by atoms with Crippen LogP contribution in [0.15, 0.2) is 12.4 Å². The van der Waals surface area contributed by atoms with Gasteiger partial charge in [0.25, 0.3) is 5.92 Å². The van der Waals surface area contributed by atoms with Crippen molar-refractivity contribution in [3.63, 3.8) is 0 Å². The summed E-state index contributed by atoms with van der Waals surface area (Å²) in [5.74, 6) is -3.04. The van der Waals surface area contributed by atoms with Gasteiger partial charge in [-0.25, -0.2) is 23.1 Å². The summed E-state index contributed by atoms with van der Waals surface area (Å²) in [4.78, 5) is 7.47. The standard InChI is InChI=1S/C9H11F3N4/c10-8(5-9(8,11)12)6-3-15-7(16-4-6)14-2-1-13/h3-4H,1-2,5,13H2,(H,14,15,16). The number of nitrogens with one attached hydrogen (secondary N) is 1. The summed E-state index contributed by atoms with van der Waals surface area (Å²) in [6.45, 7) is 0.868. The minimum atomic E-state index is -3.29. The van der Waals surface area contributed by atoms with Gasteiger partial charge in [-0.2, -0.15) is 0 Å². The second-order valence-corrected chi connectivity index (χ2v) is 3.69. The van der Waals surface area contributed by atoms with Crippen molar-refractivity contribution >= 4 is 5.95 Å². The zero-order valence-corrected chi connectivity index (χ0v) is 8.38. The first-order valence-corrected chi connectivity index (χ1v) is 4.83. The quantitative estimate of drug-likeness (QED) is 0.814. The van der Waals surface area contributed by atoms with Crippen molar-refractivity contribution in [2.45, 2.75) is 18.0 Å². The molecule has 4 nitrogen and oxygen atoms in total. The van der Waals surface area contributed by atoms with Crippen molar-refractivity contribution in [1.82, 2.24) is 9.97 Å². The van der Waals surface area contributed by atoms with Crippen LogP contribution in [-0.2, 0) is 5.67 Å². The molecule has 0 bridgehead atoms. The Hall–Kier alpha value is -1.37. The van der Waals surface area contributed by atoms with Gasteiger partial charge in [0.2, 0.25) is 11.6 Å². The van der Waals surface area contributed by atoms with Crippen LogP contribution in [0.2, 0.25) is 0 Å². The van der Waals surface area contributed by atoms with Crippen LogP contribution < -0.4 is 11.1 Å². The first-order valence-electron chi connectivity index (χ1n) is 4.83. The van der Waals surface area contributed by atoms with Crippen LogP contribution in [0, 0.1) is 0 Å². The van der Waals surface area contributed by atoms with Crippen molar-refractivity contribution < 1.29 is 13.2 Å². The fourth-order valence-electron chi connectivity index (χ4n) is 1.38. The molecule has 0 aromatic carbocycles. The number of nitrogens with zero attached hydrogens (tertiary/aromatic N) is 2. The summed E-state index contributed by atoms with van der Waals surface area (Å²) in [6.07, 6.45) is 1.36. The largest absolute Gasteiger partial charge is 0.353 e. The maximum absolute atomic E-state index is 13.5. The Balaban J connectivity index is 2.09. The van der Waals surface area contributed by atoms with Gasteiger partial charge in [-0.3, -0.25) is 0 Å². The smallest absolute Gasteiger partial charge is 0.289 e. The highest BCUT2D eigenvalue weighted by molar-refractivity contribution is 5.33. The van der Waals surface area contributed by atoms with Crippen LogP contribution in [-0.4, -0.2) is 29.0 Å². The highest BCUT2D eigenvalue weighted by Crippen LogP contribution is 2.62. The molecule has 2 rings (SSSR count). The van der Waals surface area contributed by atoms with Gasteiger partial charge in [-0.1, -0.05) is 0 Å². The van der Waals surface area contributed by atoms with E-state index in [0.29, 0.717) is 13.1 Å². The summed E-state index contributed by atoms with van der Waals surface area (Å²) < 4.78 is 38.9. The summed E-state index contributed by atoms with van der Waals surface area (Å²) in [5.41, 5.74) is 2.48. The lowest BCUT2D eigenvalue weighted by molar-refractivity contribution is 0.0418. The van der Waals surface area contributed by atoms with Crippen LogP contribution in [0.25, 0.3) is 0 Å². The van der Waals surface area contributed by atoms with Gasteiger partial charge >= 0.3 is 0 Å². The molecule has 0 radical (unpaired) electrons. The summed E-state index contributed by atoms with van der Waals surface area (Å²) in [5, 5.41) is 2.76. The molecule has 1 heterocycles. The molecule has 1 unspecified atom stereocenters. The van der Waals surface area contributed by atoms with E-state index in [9.17, 15) is 13.2 Å². The molecule has 7 heteroatoms. The predicted octanol–water partition coefficient (Wildman–Crippen LogP) is 1.05. The molecular formula is C9H11F3N4. The van der Waals surface area contributed by atoms with E-state index in [2.05, 4.69) is 15.3 Å². The molecule has 1 aliphatic carbocycles. The molecule has 0 aliphatic heterocycles. The lowest BCUT2D eigenvalue weighted by Crippen LogP contribution is -2.16. The van der Waals surface area contributed by atoms with Crippen molar-refractivity contribution in [3.8, 4) is 0 Å². The number of hydrogen-bond acceptors (Lipinski definition) is 4. The minimum absolute atomic E-state index is 0.184. The van der Waals surface area contributed by atoms with E-state index in [-0.39, 0.29) is 11.5 Å². The number of nitrogens with two attached hydrogens (primary N) is 1. The van der Waals surface area contributed by atoms with E-state index >= 15 is 0 Å². The Morgan fingerprint density at radius 3 is 2.31 bits per heavy atom. The molecule has 1 atom stereocenters. The average molecular weight is 232 g/mol. The summed E-state index contributed by atoms with van der Waals surface area (Å²) in [7, 11) is 0. The molecule has 0 spiro atoms. The highest BCUT2D eigenvalue weighted by Gasteiger charge is 2.74. The normalized spacial score (nSPS) is 26.5. The van der Waals surface area contributed by atoms with Gasteiger partial charge in [-0.05, 0) is 0 Å². The zero-order valence-electron chi connectivity index (χ0n) is 8.38. The average Bonchev–Trinajstić information content (AvgIpc) is 2.77. The molecular weight excluding hydrogens is 221 g/mol. The van der Waals surface area contributed by atoms with Crippen molar-refractivity contribution in [2.24, 2.45) is 5.73 Å². The molecule has 1 aliphatic rings. The van der Waals surface area contributed by atoms with Crippen LogP contribution in [0.1, 0.15) is 12.0 Å². The summed E-state index contributed by atoms with van der Waals surface area (Å²) in [6, 6.07) is 0. The van der Waals surface area contributed by atoms with Crippen LogP contribution in [0.3, 0.4) is 0 Å². The van der Waals surface area contributed by atoms with Gasteiger partial charge < -0.3 is 11.1 Å². The first-order chi connectivity index (χ1) is 7.49. The number of aromatic nitrogens is 2. The first kappa shape index (κ1) is 11.1. The van der Waals surface area contributed by atoms with E-state index in [4.69, 9.17) is 5.73 Å². The summed E-state index contributed by atoms with van der Waals surface area (Å²) >= 11 is 0. The van der Waals surface area contributed by atoms with E-state index in [1.54, 1.807) is 0 Å². The molecule has 1 saturated carbocycles. The third kappa shape index (κ3) is 1.71. The van der Waals surface area contributed by atoms with Crippen molar-refractivity contribution in [2.75, 3.05) is 18.4 Å². The van der Waals surface area contributed by atoms with Gasteiger partial charge in [-0.15, -0.1) is 0 Å². The Morgan fingerprint density at radius 2 is 1.88 bits per heavy atom. The van der Waals surface area contributed by atoms with E-state index in [1.807, 2.05) is 0 Å². The van der Waals surface area contributed by atoms with E-state index in [1.165, 1.54) is 0 Å². The number of halogens is 3. The van der Waals surface area contributed by atoms with Crippen molar-refractivity contribution in [3.05, 3.63) is 18.0 Å². The highest BCUT2D eigenvalue weighted by atomic mass is 19.3. The maximum Gasteiger partial charge on any atom is 0.289 e. The number of hydrogen-bond donors (Lipinski definition) is 2. The topological polar surface area (TPSA) is 63.8 Å². The Morgan fingerprint density at radius 1 is 1.31 bits per heavy atom. The second-order valence-electron chi connectivity index (χ2n) is 3.69. The van der Waals surface area contributed by atoms with Gasteiger partial charge in [0.15, 0.2) is 0 Å². The number of alkyl halides is 3. The lowest BCUT2D eigenvalue weighted by atomic mass is 10.2. The Kier molecular flexibility index (Phi) is 2.49. The van der Waals surface area contributed by atoms with Crippen LogP contribution in [0.4, 0.5) is 19.1 Å². The maximum atomic E-state index is 13.5. The lowest BCUT2D eigenvalue weighted by Gasteiger charge is -2.07. The SMILES string of the molecule is NCCNc1ncc(C2(F)CC2(F)F)cn1. The third-order valence-electron chi connectivity index (χ3n) is 2.46. The minimum Gasteiger partial charge on any atom is -0.353 e. The monoisotopic (exact) mass is 232 g/mol. The zero-order chi connectivity index (χ0) is 11.8. The van der Waals surface area contributed by atoms with Gasteiger partial charge in [0.1, 0.15) is 0 Å². The van der Waals surface area contributed by atoms with Crippen LogP contribution in [0.5, 0.6) is 0 Å². The van der Waals surface area contributed by atoms with Crippen molar-refractivity contribution in [1.29, 1.82) is 0 Å². The molecule has 0 amide bonds. The van der Waals surface area contributed by atoms with Gasteiger partial charge in [0, 0.05) is 31.0 Å². The number of anilines is 1. The third-order valence-corrected chi connectivity index (χ3v) is 2.46. The van der Waals surface area contributed by atoms with E-state index in [0.717, 1.165) is 12.4 Å². The van der Waals surface area contributed by atoms with E-state index < -0.39 is 18.0 Å². The Labute approximate surface area is 90.1 Å². The van der Waals surface area contributed by atoms with Crippen LogP contribution >= 0.6 is 0 Å². The fraction of sp³-hybridized carbons (Fsp3) is 0.556. The second kappa shape index (κ2) is 3.58.